The van der Waals surface area contributed by atoms with E-state index in [0.717, 1.165) is 39.2 Å². The van der Waals surface area contributed by atoms with Crippen molar-refractivity contribution in [1.82, 2.24) is 4.90 Å². The van der Waals surface area contributed by atoms with Gasteiger partial charge in [0.2, 0.25) is 0 Å². The van der Waals surface area contributed by atoms with Gasteiger partial charge in [0.1, 0.15) is 5.75 Å². The third-order valence-corrected chi connectivity index (χ3v) is 7.52. The SMILES string of the molecule is Cc1cccc(NC(=O)COc2ccc(/C=C3\SC(=O)N(Cc4cccc5ccccc45)C3=O)cc2Br)c1. The number of halogens is 1. The van der Waals surface area contributed by atoms with E-state index >= 15 is 0 Å². The van der Waals surface area contributed by atoms with Crippen molar-refractivity contribution in [1.29, 1.82) is 0 Å². The van der Waals surface area contributed by atoms with Crippen molar-refractivity contribution in [3.8, 4) is 5.75 Å². The number of hydrogen-bond donors (Lipinski definition) is 1. The number of anilines is 1. The first-order valence-corrected chi connectivity index (χ1v) is 13.5. The number of hydrogen-bond acceptors (Lipinski definition) is 5. The van der Waals surface area contributed by atoms with Gasteiger partial charge in [-0.25, -0.2) is 0 Å². The Labute approximate surface area is 232 Å². The van der Waals surface area contributed by atoms with Crippen molar-refractivity contribution in [3.63, 3.8) is 0 Å². The summed E-state index contributed by atoms with van der Waals surface area (Å²) in [5.74, 6) is -0.103. The molecule has 1 saturated heterocycles. The Morgan fingerprint density at radius 1 is 1.00 bits per heavy atom. The number of imide groups is 1. The summed E-state index contributed by atoms with van der Waals surface area (Å²) in [7, 11) is 0. The molecule has 0 saturated carbocycles. The van der Waals surface area contributed by atoms with Gasteiger partial charge in [0.05, 0.1) is 15.9 Å². The zero-order valence-corrected chi connectivity index (χ0v) is 22.8. The highest BCUT2D eigenvalue weighted by atomic mass is 79.9. The first kappa shape index (κ1) is 25.8. The lowest BCUT2D eigenvalue weighted by atomic mass is 10.0. The maximum atomic E-state index is 13.1. The lowest BCUT2D eigenvalue weighted by Crippen LogP contribution is -2.27. The zero-order valence-electron chi connectivity index (χ0n) is 20.4. The van der Waals surface area contributed by atoms with E-state index in [0.29, 0.717) is 20.8 Å². The number of fused-ring (bicyclic) bond motifs is 1. The van der Waals surface area contributed by atoms with Crippen LogP contribution in [0.4, 0.5) is 10.5 Å². The molecule has 190 valence electrons. The summed E-state index contributed by atoms with van der Waals surface area (Å²) in [4.78, 5) is 39.7. The van der Waals surface area contributed by atoms with Crippen LogP contribution < -0.4 is 10.1 Å². The number of carbonyl (C=O) groups excluding carboxylic acids is 3. The number of nitrogens with one attached hydrogen (secondary N) is 1. The predicted octanol–water partition coefficient (Wildman–Crippen LogP) is 7.16. The standard InChI is InChI=1S/C30H23BrN2O4S/c1-19-6-4-10-23(14-19)32-28(34)18-37-26-13-12-20(15-25(26)31)16-27-29(35)33(30(36)38-27)17-22-9-5-8-21-7-2-3-11-24(21)22/h2-16H,17-18H2,1H3,(H,32,34)/b27-16-. The Morgan fingerprint density at radius 2 is 1.79 bits per heavy atom. The van der Waals surface area contributed by atoms with Crippen molar-refractivity contribution < 1.29 is 19.1 Å². The van der Waals surface area contributed by atoms with Crippen LogP contribution in [0.15, 0.2) is 94.3 Å². The van der Waals surface area contributed by atoms with E-state index in [1.807, 2.05) is 73.7 Å². The third-order valence-electron chi connectivity index (χ3n) is 6.00. The minimum absolute atomic E-state index is 0.154. The second kappa shape index (κ2) is 11.2. The predicted molar refractivity (Wildman–Crippen MR) is 155 cm³/mol. The van der Waals surface area contributed by atoms with E-state index in [1.54, 1.807) is 24.3 Å². The molecule has 3 amide bonds. The van der Waals surface area contributed by atoms with Crippen LogP contribution in [0.2, 0.25) is 0 Å². The Morgan fingerprint density at radius 3 is 2.61 bits per heavy atom. The zero-order chi connectivity index (χ0) is 26.6. The molecule has 1 N–H and O–H groups in total. The summed E-state index contributed by atoms with van der Waals surface area (Å²) in [5.41, 5.74) is 3.40. The van der Waals surface area contributed by atoms with Gasteiger partial charge in [0.25, 0.3) is 17.1 Å². The number of carbonyl (C=O) groups is 3. The van der Waals surface area contributed by atoms with Gasteiger partial charge >= 0.3 is 0 Å². The Kier molecular flexibility index (Phi) is 7.62. The van der Waals surface area contributed by atoms with Crippen LogP contribution in [0, 0.1) is 6.92 Å². The van der Waals surface area contributed by atoms with Gasteiger partial charge in [0.15, 0.2) is 6.61 Å². The Hall–Kier alpha value is -3.88. The molecule has 5 rings (SSSR count). The van der Waals surface area contributed by atoms with Gasteiger partial charge in [-0.1, -0.05) is 60.7 Å². The van der Waals surface area contributed by atoms with Crippen molar-refractivity contribution in [2.24, 2.45) is 0 Å². The summed E-state index contributed by atoms with van der Waals surface area (Å²) < 4.78 is 6.30. The average molecular weight is 587 g/mol. The van der Waals surface area contributed by atoms with Crippen molar-refractivity contribution in [2.75, 3.05) is 11.9 Å². The quantitative estimate of drug-likeness (QED) is 0.232. The van der Waals surface area contributed by atoms with Gasteiger partial charge in [-0.15, -0.1) is 0 Å². The maximum absolute atomic E-state index is 13.1. The average Bonchev–Trinajstić information content (AvgIpc) is 3.15. The molecule has 38 heavy (non-hydrogen) atoms. The second-order valence-corrected chi connectivity index (χ2v) is 10.6. The summed E-state index contributed by atoms with van der Waals surface area (Å²) in [6.45, 7) is 2.01. The number of benzene rings is 4. The normalized spacial score (nSPS) is 14.4. The van der Waals surface area contributed by atoms with E-state index < -0.39 is 0 Å². The first-order valence-electron chi connectivity index (χ1n) is 11.9. The molecule has 6 nitrogen and oxygen atoms in total. The molecule has 0 unspecified atom stereocenters. The molecule has 4 aromatic rings. The van der Waals surface area contributed by atoms with Crippen molar-refractivity contribution >= 4 is 67.3 Å². The molecule has 0 atom stereocenters. The molecule has 0 radical (unpaired) electrons. The fourth-order valence-corrected chi connectivity index (χ4v) is 5.52. The fraction of sp³-hybridized carbons (Fsp3) is 0.100. The molecule has 1 aliphatic rings. The lowest BCUT2D eigenvalue weighted by molar-refractivity contribution is -0.123. The molecule has 4 aromatic carbocycles. The fourth-order valence-electron chi connectivity index (χ4n) is 4.18. The van der Waals surface area contributed by atoms with Crippen LogP contribution in [0.25, 0.3) is 16.8 Å². The number of ether oxygens (including phenoxy) is 1. The largest absolute Gasteiger partial charge is 0.483 e. The molecule has 1 aliphatic heterocycles. The van der Waals surface area contributed by atoms with E-state index in [1.165, 1.54) is 4.90 Å². The minimum atomic E-state index is -0.322. The minimum Gasteiger partial charge on any atom is -0.483 e. The first-order chi connectivity index (χ1) is 18.4. The van der Waals surface area contributed by atoms with E-state index in [2.05, 4.69) is 21.2 Å². The van der Waals surface area contributed by atoms with Crippen LogP contribution in [0.1, 0.15) is 16.7 Å². The van der Waals surface area contributed by atoms with Crippen molar-refractivity contribution in [2.45, 2.75) is 13.5 Å². The molecule has 0 aliphatic carbocycles. The molecule has 0 spiro atoms. The molecular weight excluding hydrogens is 564 g/mol. The molecule has 1 heterocycles. The highest BCUT2D eigenvalue weighted by Gasteiger charge is 2.35. The van der Waals surface area contributed by atoms with Gasteiger partial charge in [-0.2, -0.15) is 0 Å². The number of nitrogens with zero attached hydrogens (tertiary/aromatic N) is 1. The van der Waals surface area contributed by atoms with Gasteiger partial charge in [-0.05, 0) is 92.4 Å². The third kappa shape index (κ3) is 5.82. The monoisotopic (exact) mass is 586 g/mol. The van der Waals surface area contributed by atoms with Crippen LogP contribution in [0.5, 0.6) is 5.75 Å². The second-order valence-electron chi connectivity index (χ2n) is 8.80. The van der Waals surface area contributed by atoms with E-state index in [9.17, 15) is 14.4 Å². The molecule has 0 bridgehead atoms. The molecule has 1 fully saturated rings. The van der Waals surface area contributed by atoms with Crippen molar-refractivity contribution in [3.05, 3.63) is 111 Å². The Balaban J connectivity index is 1.24. The summed E-state index contributed by atoms with van der Waals surface area (Å²) in [6.07, 6.45) is 1.69. The number of amides is 3. The summed E-state index contributed by atoms with van der Waals surface area (Å²) >= 11 is 4.40. The van der Waals surface area contributed by atoms with E-state index in [-0.39, 0.29) is 30.2 Å². The summed E-state index contributed by atoms with van der Waals surface area (Å²) in [5, 5.41) is 4.59. The van der Waals surface area contributed by atoms with Gasteiger partial charge in [-0.3, -0.25) is 19.3 Å². The van der Waals surface area contributed by atoms with Gasteiger partial charge < -0.3 is 10.1 Å². The van der Waals surface area contributed by atoms with E-state index in [4.69, 9.17) is 4.74 Å². The van der Waals surface area contributed by atoms with Crippen LogP contribution in [-0.2, 0) is 16.1 Å². The summed E-state index contributed by atoms with van der Waals surface area (Å²) in [6, 6.07) is 26.6. The number of aryl methyl sites for hydroxylation is 1. The Bertz CT molecular complexity index is 1600. The maximum Gasteiger partial charge on any atom is 0.293 e. The molecule has 0 aromatic heterocycles. The molecular formula is C30H23BrN2O4S. The van der Waals surface area contributed by atoms with Crippen LogP contribution in [0.3, 0.4) is 0 Å². The lowest BCUT2D eigenvalue weighted by Gasteiger charge is -2.14. The highest BCUT2D eigenvalue weighted by molar-refractivity contribution is 9.10. The van der Waals surface area contributed by atoms with Crippen LogP contribution in [-0.4, -0.2) is 28.6 Å². The topological polar surface area (TPSA) is 75.7 Å². The van der Waals surface area contributed by atoms with Crippen LogP contribution >= 0.6 is 27.7 Å². The number of thioether (sulfide) groups is 1. The number of rotatable bonds is 7. The van der Waals surface area contributed by atoms with Gasteiger partial charge in [0, 0.05) is 5.69 Å². The molecule has 8 heteroatoms. The smallest absolute Gasteiger partial charge is 0.293 e. The highest BCUT2D eigenvalue weighted by Crippen LogP contribution is 2.35.